The molecule has 2 N–H and O–H groups in total. The summed E-state index contributed by atoms with van der Waals surface area (Å²) in [7, 11) is 3.70. The summed E-state index contributed by atoms with van der Waals surface area (Å²) in [6.07, 6.45) is 0.168. The molecule has 4 heteroatoms. The highest BCUT2D eigenvalue weighted by Gasteiger charge is 2.05. The van der Waals surface area contributed by atoms with Gasteiger partial charge in [-0.05, 0) is 14.1 Å². The quantitative estimate of drug-likeness (QED) is 0.561. The summed E-state index contributed by atoms with van der Waals surface area (Å²) >= 11 is 0. The first kappa shape index (κ1) is 11.4. The van der Waals surface area contributed by atoms with Crippen LogP contribution in [0.5, 0.6) is 0 Å². The molecule has 12 heavy (non-hydrogen) atoms. The molecule has 70 valence electrons. The molecule has 0 bridgehead atoms. The maximum atomic E-state index is 9.33. The summed E-state index contributed by atoms with van der Waals surface area (Å²) in [5.41, 5.74) is 0. The molecular weight excluding hydrogens is 154 g/mol. The van der Waals surface area contributed by atoms with Crippen molar-refractivity contribution in [2.75, 3.05) is 33.7 Å². The second-order valence-electron chi connectivity index (χ2n) is 2.88. The fourth-order valence-electron chi connectivity index (χ4n) is 0.992. The van der Waals surface area contributed by atoms with Gasteiger partial charge in [-0.1, -0.05) is 0 Å². The molecule has 0 aliphatic heterocycles. The van der Waals surface area contributed by atoms with Crippen molar-refractivity contribution in [2.24, 2.45) is 0 Å². The lowest BCUT2D eigenvalue weighted by Crippen LogP contribution is -2.35. The Labute approximate surface area is 73.8 Å². The lowest BCUT2D eigenvalue weighted by atomic mass is 10.3. The minimum absolute atomic E-state index is 0.348. The van der Waals surface area contributed by atoms with E-state index in [1.54, 1.807) is 7.05 Å². The number of nitrogens with zero attached hydrogens (tertiary/aromatic N) is 2. The summed E-state index contributed by atoms with van der Waals surface area (Å²) in [5.74, 6) is 0. The molecule has 0 saturated heterocycles. The molecule has 0 fully saturated rings. The number of hydrogen-bond acceptors (Lipinski definition) is 4. The van der Waals surface area contributed by atoms with E-state index < -0.39 is 0 Å². The Morgan fingerprint density at radius 2 is 2.33 bits per heavy atom. The van der Waals surface area contributed by atoms with Gasteiger partial charge in [0.2, 0.25) is 0 Å². The first-order valence-electron chi connectivity index (χ1n) is 4.09. The van der Waals surface area contributed by atoms with Crippen LogP contribution in [0.3, 0.4) is 0 Å². The van der Waals surface area contributed by atoms with Gasteiger partial charge in [0.25, 0.3) is 0 Å². The van der Waals surface area contributed by atoms with E-state index in [-0.39, 0.29) is 6.10 Å². The molecular formula is C8H17N3O. The molecule has 1 unspecified atom stereocenters. The fourth-order valence-corrected chi connectivity index (χ4v) is 0.992. The van der Waals surface area contributed by atoms with Gasteiger partial charge in [0.15, 0.2) is 0 Å². The maximum Gasteiger partial charge on any atom is 0.0791 e. The van der Waals surface area contributed by atoms with Crippen LogP contribution >= 0.6 is 0 Å². The number of aliphatic hydroxyl groups excluding tert-OH is 1. The predicted octanol–water partition coefficient (Wildman–Crippen LogP) is -0.588. The monoisotopic (exact) mass is 171 g/mol. The Hall–Kier alpha value is -0.630. The topological polar surface area (TPSA) is 59.3 Å². The lowest BCUT2D eigenvalue weighted by Gasteiger charge is -2.18. The van der Waals surface area contributed by atoms with Gasteiger partial charge in [-0.15, -0.1) is 0 Å². The highest BCUT2D eigenvalue weighted by molar-refractivity contribution is 4.72. The summed E-state index contributed by atoms with van der Waals surface area (Å²) in [6, 6.07) is 2.06. The van der Waals surface area contributed by atoms with Crippen molar-refractivity contribution in [3.8, 4) is 6.07 Å². The van der Waals surface area contributed by atoms with Crippen molar-refractivity contribution in [3.05, 3.63) is 0 Å². The number of likely N-dealkylation sites (N-methyl/N-ethyl adjacent to an activating group) is 2. The second kappa shape index (κ2) is 7.04. The summed E-state index contributed by atoms with van der Waals surface area (Å²) < 4.78 is 0. The predicted molar refractivity (Wildman–Crippen MR) is 47.7 cm³/mol. The zero-order valence-corrected chi connectivity index (χ0v) is 7.75. The van der Waals surface area contributed by atoms with Crippen LogP contribution in [0.25, 0.3) is 0 Å². The van der Waals surface area contributed by atoms with E-state index >= 15 is 0 Å². The zero-order valence-electron chi connectivity index (χ0n) is 7.75. The Bertz CT molecular complexity index is 144. The zero-order chi connectivity index (χ0) is 9.40. The van der Waals surface area contributed by atoms with E-state index in [4.69, 9.17) is 5.26 Å². The molecule has 0 rings (SSSR count). The van der Waals surface area contributed by atoms with E-state index in [0.717, 1.165) is 6.54 Å². The minimum Gasteiger partial charge on any atom is -0.390 e. The second-order valence-corrected chi connectivity index (χ2v) is 2.88. The smallest absolute Gasteiger partial charge is 0.0791 e. The average molecular weight is 171 g/mol. The van der Waals surface area contributed by atoms with Crippen LogP contribution in [-0.4, -0.2) is 49.8 Å². The first-order valence-corrected chi connectivity index (χ1v) is 4.09. The molecule has 0 aliphatic carbocycles. The number of hydrogen-bond donors (Lipinski definition) is 2. The van der Waals surface area contributed by atoms with Crippen LogP contribution in [0.15, 0.2) is 0 Å². The fraction of sp³-hybridized carbons (Fsp3) is 0.875. The van der Waals surface area contributed by atoms with Crippen LogP contribution in [0, 0.1) is 11.3 Å². The SMILES string of the molecule is CNCC(O)CN(C)CCC#N. The third-order valence-corrected chi connectivity index (χ3v) is 1.57. The number of nitriles is 1. The van der Waals surface area contributed by atoms with E-state index in [0.29, 0.717) is 19.5 Å². The van der Waals surface area contributed by atoms with Crippen molar-refractivity contribution < 1.29 is 5.11 Å². The van der Waals surface area contributed by atoms with Crippen molar-refractivity contribution in [3.63, 3.8) is 0 Å². The third kappa shape index (κ3) is 6.10. The van der Waals surface area contributed by atoms with Crippen LogP contribution in [-0.2, 0) is 0 Å². The molecule has 0 aliphatic rings. The van der Waals surface area contributed by atoms with Crippen LogP contribution in [0.4, 0.5) is 0 Å². The van der Waals surface area contributed by atoms with Gasteiger partial charge in [-0.2, -0.15) is 5.26 Å². The molecule has 0 spiro atoms. The first-order chi connectivity index (χ1) is 5.70. The highest BCUT2D eigenvalue weighted by Crippen LogP contribution is 1.89. The lowest BCUT2D eigenvalue weighted by molar-refractivity contribution is 0.127. The van der Waals surface area contributed by atoms with Crippen LogP contribution in [0.1, 0.15) is 6.42 Å². The largest absolute Gasteiger partial charge is 0.390 e. The molecule has 0 saturated carbocycles. The summed E-state index contributed by atoms with van der Waals surface area (Å²) in [4.78, 5) is 1.95. The Morgan fingerprint density at radius 3 is 2.83 bits per heavy atom. The van der Waals surface area contributed by atoms with Gasteiger partial charge in [0.05, 0.1) is 12.2 Å². The third-order valence-electron chi connectivity index (χ3n) is 1.57. The van der Waals surface area contributed by atoms with Crippen LogP contribution in [0.2, 0.25) is 0 Å². The highest BCUT2D eigenvalue weighted by atomic mass is 16.3. The Morgan fingerprint density at radius 1 is 1.67 bits per heavy atom. The molecule has 0 amide bonds. The summed E-state index contributed by atoms with van der Waals surface area (Å²) in [5, 5.41) is 20.5. The molecule has 0 radical (unpaired) electrons. The Balaban J connectivity index is 3.41. The number of nitrogens with one attached hydrogen (secondary N) is 1. The normalized spacial score (nSPS) is 12.9. The molecule has 1 atom stereocenters. The van der Waals surface area contributed by atoms with E-state index in [1.165, 1.54) is 0 Å². The van der Waals surface area contributed by atoms with Gasteiger partial charge >= 0.3 is 0 Å². The molecule has 0 aromatic heterocycles. The van der Waals surface area contributed by atoms with Gasteiger partial charge in [0, 0.05) is 26.1 Å². The maximum absolute atomic E-state index is 9.33. The molecule has 0 aromatic carbocycles. The molecule has 4 nitrogen and oxygen atoms in total. The van der Waals surface area contributed by atoms with Crippen molar-refractivity contribution in [1.82, 2.24) is 10.2 Å². The van der Waals surface area contributed by atoms with Gasteiger partial charge in [-0.3, -0.25) is 0 Å². The van der Waals surface area contributed by atoms with Gasteiger partial charge in [-0.25, -0.2) is 0 Å². The molecule has 0 aromatic rings. The van der Waals surface area contributed by atoms with Crippen molar-refractivity contribution >= 4 is 0 Å². The van der Waals surface area contributed by atoms with Crippen molar-refractivity contribution in [1.29, 1.82) is 5.26 Å². The molecule has 0 heterocycles. The summed E-state index contributed by atoms with van der Waals surface area (Å²) in [6.45, 7) is 1.93. The number of aliphatic hydroxyl groups is 1. The van der Waals surface area contributed by atoms with Gasteiger partial charge < -0.3 is 15.3 Å². The standard InChI is InChI=1S/C8H17N3O/c1-10-6-8(12)7-11(2)5-3-4-9/h8,10,12H,3,5-7H2,1-2H3. The average Bonchev–Trinajstić information content (AvgIpc) is 2.01. The number of rotatable bonds is 6. The minimum atomic E-state index is -0.348. The van der Waals surface area contributed by atoms with Crippen LogP contribution < -0.4 is 5.32 Å². The van der Waals surface area contributed by atoms with E-state index in [9.17, 15) is 5.11 Å². The van der Waals surface area contributed by atoms with Crippen molar-refractivity contribution in [2.45, 2.75) is 12.5 Å². The Kier molecular flexibility index (Phi) is 6.67. The van der Waals surface area contributed by atoms with E-state index in [1.807, 2.05) is 11.9 Å². The van der Waals surface area contributed by atoms with Gasteiger partial charge in [0.1, 0.15) is 0 Å². The van der Waals surface area contributed by atoms with E-state index in [2.05, 4.69) is 11.4 Å².